The van der Waals surface area contributed by atoms with E-state index in [9.17, 15) is 9.50 Å². The van der Waals surface area contributed by atoms with E-state index in [2.05, 4.69) is 19.0 Å². The molecule has 0 saturated carbocycles. The normalized spacial score (nSPS) is 17.1. The van der Waals surface area contributed by atoms with E-state index in [1.807, 2.05) is 35.2 Å². The van der Waals surface area contributed by atoms with Crippen LogP contribution in [0.25, 0.3) is 0 Å². The van der Waals surface area contributed by atoms with Crippen molar-refractivity contribution in [3.05, 3.63) is 70.5 Å². The van der Waals surface area contributed by atoms with Gasteiger partial charge < -0.3 is 14.7 Å². The second kappa shape index (κ2) is 11.6. The van der Waals surface area contributed by atoms with Crippen LogP contribution in [-0.4, -0.2) is 54.2 Å². The zero-order chi connectivity index (χ0) is 22.2. The standard InChI is InChI=1S/C24H30ClFN2O3/c1-17(2)15-30-16-20(29)13-28(12-18-6-5-7-19(26)10-18)14-21-11-24(27-31-21)22-8-3-4-9-23(22)25/h3-10,17,20-21,29H,11-16H2,1-2H3/t20-,21-/m1/s1. The molecule has 1 N–H and O–H groups in total. The first-order chi connectivity index (χ1) is 14.9. The highest BCUT2D eigenvalue weighted by molar-refractivity contribution is 6.34. The highest BCUT2D eigenvalue weighted by atomic mass is 35.5. The summed E-state index contributed by atoms with van der Waals surface area (Å²) in [7, 11) is 0. The number of oxime groups is 1. The fourth-order valence-corrected chi connectivity index (χ4v) is 3.80. The topological polar surface area (TPSA) is 54.3 Å². The quantitative estimate of drug-likeness (QED) is 0.549. The molecule has 0 aromatic heterocycles. The molecule has 0 amide bonds. The first-order valence-electron chi connectivity index (χ1n) is 10.6. The molecule has 0 bridgehead atoms. The van der Waals surface area contributed by atoms with Crippen molar-refractivity contribution in [2.24, 2.45) is 11.1 Å². The van der Waals surface area contributed by atoms with Crippen molar-refractivity contribution < 1.29 is 19.1 Å². The zero-order valence-electron chi connectivity index (χ0n) is 18.0. The van der Waals surface area contributed by atoms with Crippen molar-refractivity contribution in [3.63, 3.8) is 0 Å². The maximum absolute atomic E-state index is 13.7. The summed E-state index contributed by atoms with van der Waals surface area (Å²) in [6.07, 6.45) is -0.218. The van der Waals surface area contributed by atoms with Gasteiger partial charge in [0.25, 0.3) is 0 Å². The van der Waals surface area contributed by atoms with Crippen molar-refractivity contribution in [1.29, 1.82) is 0 Å². The molecule has 0 fully saturated rings. The number of benzene rings is 2. The van der Waals surface area contributed by atoms with Gasteiger partial charge in [-0.1, -0.05) is 60.9 Å². The van der Waals surface area contributed by atoms with Crippen molar-refractivity contribution in [1.82, 2.24) is 4.90 Å². The summed E-state index contributed by atoms with van der Waals surface area (Å²) < 4.78 is 19.2. The first-order valence-corrected chi connectivity index (χ1v) is 11.0. The lowest BCUT2D eigenvalue weighted by Crippen LogP contribution is -2.39. The minimum atomic E-state index is -0.655. The fourth-order valence-electron chi connectivity index (χ4n) is 3.56. The SMILES string of the molecule is CC(C)COC[C@H](O)CN(Cc1cccc(F)c1)C[C@H]1CC(c2ccccc2Cl)=NO1. The highest BCUT2D eigenvalue weighted by Crippen LogP contribution is 2.23. The third-order valence-corrected chi connectivity index (χ3v) is 5.23. The Labute approximate surface area is 188 Å². The van der Waals surface area contributed by atoms with Crippen molar-refractivity contribution in [2.45, 2.75) is 39.0 Å². The summed E-state index contributed by atoms with van der Waals surface area (Å²) >= 11 is 6.29. The van der Waals surface area contributed by atoms with Gasteiger partial charge in [-0.25, -0.2) is 4.39 Å². The van der Waals surface area contributed by atoms with Crippen LogP contribution in [0.1, 0.15) is 31.4 Å². The monoisotopic (exact) mass is 448 g/mol. The van der Waals surface area contributed by atoms with Crippen LogP contribution in [0.3, 0.4) is 0 Å². The first kappa shape index (κ1) is 23.7. The predicted octanol–water partition coefficient (Wildman–Crippen LogP) is 4.51. The number of ether oxygens (including phenoxy) is 1. The highest BCUT2D eigenvalue weighted by Gasteiger charge is 2.26. The van der Waals surface area contributed by atoms with E-state index < -0.39 is 6.10 Å². The van der Waals surface area contributed by atoms with Crippen molar-refractivity contribution in [2.75, 3.05) is 26.3 Å². The Morgan fingerprint density at radius 1 is 1.23 bits per heavy atom. The molecule has 0 radical (unpaired) electrons. The van der Waals surface area contributed by atoms with E-state index in [-0.39, 0.29) is 18.5 Å². The maximum atomic E-state index is 13.7. The molecule has 1 aliphatic heterocycles. The average Bonchev–Trinajstić information content (AvgIpc) is 3.16. The number of nitrogens with zero attached hydrogens (tertiary/aromatic N) is 2. The number of halogens is 2. The van der Waals surface area contributed by atoms with E-state index in [0.717, 1.165) is 16.8 Å². The van der Waals surface area contributed by atoms with Crippen LogP contribution in [-0.2, 0) is 16.1 Å². The lowest BCUT2D eigenvalue weighted by atomic mass is 10.0. The minimum absolute atomic E-state index is 0.177. The Morgan fingerprint density at radius 3 is 2.77 bits per heavy atom. The molecule has 0 aliphatic carbocycles. The third-order valence-electron chi connectivity index (χ3n) is 4.91. The Morgan fingerprint density at radius 2 is 2.03 bits per heavy atom. The summed E-state index contributed by atoms with van der Waals surface area (Å²) in [6.45, 7) is 6.39. The molecular formula is C24H30ClFN2O3. The largest absolute Gasteiger partial charge is 0.390 e. The van der Waals surface area contributed by atoms with Gasteiger partial charge in [-0.15, -0.1) is 0 Å². The smallest absolute Gasteiger partial charge is 0.145 e. The van der Waals surface area contributed by atoms with E-state index in [4.69, 9.17) is 21.2 Å². The van der Waals surface area contributed by atoms with Crippen LogP contribution in [0.15, 0.2) is 53.7 Å². The van der Waals surface area contributed by atoms with Gasteiger partial charge in [-0.3, -0.25) is 4.90 Å². The van der Waals surface area contributed by atoms with Gasteiger partial charge in [-0.05, 0) is 29.7 Å². The molecule has 31 heavy (non-hydrogen) atoms. The van der Waals surface area contributed by atoms with E-state index in [1.165, 1.54) is 12.1 Å². The lowest BCUT2D eigenvalue weighted by Gasteiger charge is -2.27. The van der Waals surface area contributed by atoms with Crippen LogP contribution in [0, 0.1) is 11.7 Å². The zero-order valence-corrected chi connectivity index (χ0v) is 18.8. The van der Waals surface area contributed by atoms with E-state index >= 15 is 0 Å². The van der Waals surface area contributed by atoms with Gasteiger partial charge in [0.15, 0.2) is 0 Å². The molecule has 2 aromatic carbocycles. The molecule has 0 unspecified atom stereocenters. The number of hydrogen-bond donors (Lipinski definition) is 1. The summed E-state index contributed by atoms with van der Waals surface area (Å²) in [5.41, 5.74) is 2.51. The van der Waals surface area contributed by atoms with Gasteiger partial charge in [0.2, 0.25) is 0 Å². The van der Waals surface area contributed by atoms with Gasteiger partial charge in [0, 0.05) is 43.2 Å². The van der Waals surface area contributed by atoms with Gasteiger partial charge >= 0.3 is 0 Å². The van der Waals surface area contributed by atoms with Gasteiger partial charge in [-0.2, -0.15) is 0 Å². The Bertz CT molecular complexity index is 877. The molecular weight excluding hydrogens is 419 g/mol. The molecule has 7 heteroatoms. The average molecular weight is 449 g/mol. The second-order valence-electron chi connectivity index (χ2n) is 8.36. The lowest BCUT2D eigenvalue weighted by molar-refractivity contribution is -0.00735. The molecule has 2 aromatic rings. The minimum Gasteiger partial charge on any atom is -0.390 e. The number of hydrogen-bond acceptors (Lipinski definition) is 5. The molecule has 5 nitrogen and oxygen atoms in total. The maximum Gasteiger partial charge on any atom is 0.145 e. The third kappa shape index (κ3) is 7.58. The Kier molecular flexibility index (Phi) is 8.84. The second-order valence-corrected chi connectivity index (χ2v) is 8.77. The fraction of sp³-hybridized carbons (Fsp3) is 0.458. The van der Waals surface area contributed by atoms with E-state index in [0.29, 0.717) is 43.6 Å². The Hall–Kier alpha value is -1.99. The summed E-state index contributed by atoms with van der Waals surface area (Å²) in [6, 6.07) is 14.0. The number of aliphatic hydroxyl groups is 1. The summed E-state index contributed by atoms with van der Waals surface area (Å²) in [5, 5.41) is 15.3. The molecule has 1 heterocycles. The Balaban J connectivity index is 1.61. The van der Waals surface area contributed by atoms with Gasteiger partial charge in [0.1, 0.15) is 11.9 Å². The van der Waals surface area contributed by atoms with Crippen LogP contribution in [0.4, 0.5) is 4.39 Å². The van der Waals surface area contributed by atoms with Crippen LogP contribution >= 0.6 is 11.6 Å². The summed E-state index contributed by atoms with van der Waals surface area (Å²) in [5.74, 6) is 0.127. The molecule has 168 valence electrons. The molecule has 0 spiro atoms. The summed E-state index contributed by atoms with van der Waals surface area (Å²) in [4.78, 5) is 7.71. The van der Waals surface area contributed by atoms with Crippen LogP contribution in [0.2, 0.25) is 5.02 Å². The number of rotatable bonds is 11. The number of aliphatic hydroxyl groups excluding tert-OH is 1. The van der Waals surface area contributed by atoms with E-state index in [1.54, 1.807) is 6.07 Å². The van der Waals surface area contributed by atoms with Gasteiger partial charge in [0.05, 0.1) is 18.4 Å². The molecule has 0 saturated heterocycles. The molecule has 3 rings (SSSR count). The van der Waals surface area contributed by atoms with Crippen molar-refractivity contribution >= 4 is 17.3 Å². The van der Waals surface area contributed by atoms with Crippen LogP contribution in [0.5, 0.6) is 0 Å². The predicted molar refractivity (Wildman–Crippen MR) is 121 cm³/mol. The molecule has 2 atom stereocenters. The van der Waals surface area contributed by atoms with Crippen LogP contribution < -0.4 is 0 Å². The molecule has 1 aliphatic rings. The van der Waals surface area contributed by atoms with Crippen molar-refractivity contribution in [3.8, 4) is 0 Å².